The lowest BCUT2D eigenvalue weighted by Crippen LogP contribution is -2.48. The fraction of sp³-hybridized carbons (Fsp3) is 0.452. The van der Waals surface area contributed by atoms with E-state index in [0.717, 1.165) is 35.0 Å². The molecule has 218 valence electrons. The van der Waals surface area contributed by atoms with E-state index in [0.29, 0.717) is 48.5 Å². The molecule has 4 rings (SSSR count). The number of H-pyrrole nitrogens is 1. The molecular formula is C31H38N4O5S. The predicted molar refractivity (Wildman–Crippen MR) is 159 cm³/mol. The number of hydrogen-bond donors (Lipinski definition) is 2. The van der Waals surface area contributed by atoms with Gasteiger partial charge in [0.25, 0.3) is 0 Å². The van der Waals surface area contributed by atoms with Crippen LogP contribution in [0, 0.1) is 17.2 Å². The summed E-state index contributed by atoms with van der Waals surface area (Å²) in [7, 11) is -3.96. The average molecular weight is 579 g/mol. The Hall–Kier alpha value is -3.68. The van der Waals surface area contributed by atoms with Crippen molar-refractivity contribution < 1.29 is 22.7 Å². The molecule has 2 aliphatic rings. The van der Waals surface area contributed by atoms with Crippen molar-refractivity contribution in [3.8, 4) is 6.07 Å². The Labute approximate surface area is 242 Å². The molecule has 1 aliphatic carbocycles. The number of ketones is 1. The van der Waals surface area contributed by atoms with Crippen LogP contribution >= 0.6 is 0 Å². The molecule has 0 unspecified atom stereocenters. The minimum absolute atomic E-state index is 0.0718. The number of carbonyl (C=O) groups excluding carboxylic acids is 2. The molecule has 1 saturated heterocycles. The van der Waals surface area contributed by atoms with Crippen LogP contribution in [-0.2, 0) is 20.4 Å². The van der Waals surface area contributed by atoms with Crippen LogP contribution in [0.2, 0.25) is 0 Å². The molecule has 1 aromatic heterocycles. The average Bonchev–Trinajstić information content (AvgIpc) is 3.28. The second-order valence-corrected chi connectivity index (χ2v) is 13.8. The predicted octanol–water partition coefficient (Wildman–Crippen LogP) is 5.81. The third-order valence-corrected chi connectivity index (χ3v) is 9.21. The first kappa shape index (κ1) is 30.3. The van der Waals surface area contributed by atoms with Gasteiger partial charge in [-0.05, 0) is 70.1 Å². The third-order valence-electron chi connectivity index (χ3n) is 7.74. The van der Waals surface area contributed by atoms with Crippen LogP contribution in [0.4, 0.5) is 4.79 Å². The number of allylic oxidation sites excluding steroid dienone is 5. The summed E-state index contributed by atoms with van der Waals surface area (Å²) < 4.78 is 33.5. The Bertz CT molecular complexity index is 1590. The van der Waals surface area contributed by atoms with Crippen LogP contribution in [0.5, 0.6) is 0 Å². The maximum absolute atomic E-state index is 13.7. The lowest BCUT2D eigenvalue weighted by Gasteiger charge is -2.32. The molecule has 0 bridgehead atoms. The fourth-order valence-corrected chi connectivity index (χ4v) is 6.74. The zero-order valence-electron chi connectivity index (χ0n) is 24.3. The number of nitrogens with zero attached hydrogens (tertiary/aromatic N) is 2. The number of hydrogen-bond acceptors (Lipinski definition) is 6. The number of piperidine rings is 1. The van der Waals surface area contributed by atoms with E-state index in [2.05, 4.69) is 31.5 Å². The summed E-state index contributed by atoms with van der Waals surface area (Å²) in [4.78, 5) is 29.1. The van der Waals surface area contributed by atoms with Gasteiger partial charge in [0.1, 0.15) is 5.60 Å². The first-order valence-electron chi connectivity index (χ1n) is 13.8. The summed E-state index contributed by atoms with van der Waals surface area (Å²) in [5.41, 5.74) is 2.92. The minimum atomic E-state index is -3.96. The molecule has 2 heterocycles. The molecule has 0 atom stereocenters. The summed E-state index contributed by atoms with van der Waals surface area (Å²) in [5, 5.41) is 10.1. The van der Waals surface area contributed by atoms with Gasteiger partial charge in [0, 0.05) is 40.7 Å². The molecule has 0 spiro atoms. The molecule has 1 amide bonds. The molecule has 0 saturated carbocycles. The van der Waals surface area contributed by atoms with Crippen molar-refractivity contribution in [2.75, 3.05) is 13.1 Å². The molecule has 2 aromatic rings. The molecule has 41 heavy (non-hydrogen) atoms. The maximum atomic E-state index is 13.7. The van der Waals surface area contributed by atoms with Crippen LogP contribution in [0.1, 0.15) is 81.9 Å². The summed E-state index contributed by atoms with van der Waals surface area (Å²) in [6, 6.07) is 7.47. The highest BCUT2D eigenvalue weighted by Gasteiger charge is 2.39. The van der Waals surface area contributed by atoms with Gasteiger partial charge in [0.15, 0.2) is 5.78 Å². The number of aromatic amines is 1. The van der Waals surface area contributed by atoms with E-state index >= 15 is 0 Å². The van der Waals surface area contributed by atoms with E-state index in [1.54, 1.807) is 39.0 Å². The van der Waals surface area contributed by atoms with E-state index in [9.17, 15) is 23.3 Å². The Morgan fingerprint density at radius 3 is 2.59 bits per heavy atom. The molecule has 1 fully saturated rings. The van der Waals surface area contributed by atoms with E-state index < -0.39 is 27.3 Å². The van der Waals surface area contributed by atoms with E-state index in [4.69, 9.17) is 4.74 Å². The largest absolute Gasteiger partial charge is 0.443 e. The van der Waals surface area contributed by atoms with Crippen molar-refractivity contribution in [3.05, 3.63) is 71.0 Å². The summed E-state index contributed by atoms with van der Waals surface area (Å²) >= 11 is 0. The number of amides is 1. The van der Waals surface area contributed by atoms with Gasteiger partial charge in [-0.25, -0.2) is 9.52 Å². The number of benzene rings is 1. The zero-order chi connectivity index (χ0) is 30.2. The fourth-order valence-electron chi connectivity index (χ4n) is 5.67. The van der Waals surface area contributed by atoms with Crippen LogP contribution in [0.3, 0.4) is 0 Å². The van der Waals surface area contributed by atoms with E-state index in [1.807, 2.05) is 22.9 Å². The van der Waals surface area contributed by atoms with Gasteiger partial charge in [-0.3, -0.25) is 4.79 Å². The number of rotatable bonds is 7. The van der Waals surface area contributed by atoms with Crippen molar-refractivity contribution in [1.82, 2.24) is 14.0 Å². The lowest BCUT2D eigenvalue weighted by atomic mass is 9.71. The van der Waals surface area contributed by atoms with Gasteiger partial charge in [-0.15, -0.1) is 0 Å². The van der Waals surface area contributed by atoms with E-state index in [-0.39, 0.29) is 5.78 Å². The maximum Gasteiger partial charge on any atom is 0.422 e. The molecule has 0 radical (unpaired) electrons. The van der Waals surface area contributed by atoms with Crippen molar-refractivity contribution in [2.24, 2.45) is 5.92 Å². The van der Waals surface area contributed by atoms with E-state index in [1.165, 1.54) is 4.31 Å². The SMILES string of the molecule is C=CC1=C(/C=C\CCC2CCN(S(=O)(=O)NC(=O)OC(C)(C)C)CC2)C(=O)c2c([nH]c3cc(C#N)ccc23)C1(C)C. The molecular weight excluding hydrogens is 540 g/mol. The quantitative estimate of drug-likeness (QED) is 0.426. The Balaban J connectivity index is 1.40. The van der Waals surface area contributed by atoms with Gasteiger partial charge in [-0.1, -0.05) is 44.7 Å². The summed E-state index contributed by atoms with van der Waals surface area (Å²) in [6.07, 6.45) is 7.61. The molecule has 9 nitrogen and oxygen atoms in total. The highest BCUT2D eigenvalue weighted by molar-refractivity contribution is 7.87. The van der Waals surface area contributed by atoms with Crippen LogP contribution in [0.15, 0.2) is 54.2 Å². The smallest absolute Gasteiger partial charge is 0.422 e. The van der Waals surface area contributed by atoms with Crippen LogP contribution in [0.25, 0.3) is 10.9 Å². The third kappa shape index (κ3) is 6.31. The van der Waals surface area contributed by atoms with Crippen molar-refractivity contribution >= 4 is 33.0 Å². The number of ether oxygens (including phenoxy) is 1. The number of carbonyl (C=O) groups is 2. The van der Waals surface area contributed by atoms with Gasteiger partial charge in [0.05, 0.1) is 17.2 Å². The molecule has 10 heteroatoms. The summed E-state index contributed by atoms with van der Waals surface area (Å²) in [5.74, 6) is 0.256. The number of Topliss-reactive ketones (excluding diaryl/α,β-unsaturated/α-hetero) is 1. The Morgan fingerprint density at radius 2 is 1.98 bits per heavy atom. The topological polar surface area (TPSA) is 132 Å². The van der Waals surface area contributed by atoms with Gasteiger partial charge < -0.3 is 9.72 Å². The van der Waals surface area contributed by atoms with Crippen molar-refractivity contribution in [3.63, 3.8) is 0 Å². The van der Waals surface area contributed by atoms with Crippen LogP contribution < -0.4 is 4.72 Å². The zero-order valence-corrected chi connectivity index (χ0v) is 25.2. The molecule has 1 aromatic carbocycles. The lowest BCUT2D eigenvalue weighted by molar-refractivity contribution is 0.0566. The number of fused-ring (bicyclic) bond motifs is 3. The molecule has 2 N–H and O–H groups in total. The Morgan fingerprint density at radius 1 is 1.29 bits per heavy atom. The van der Waals surface area contributed by atoms with Gasteiger partial charge >= 0.3 is 16.3 Å². The van der Waals surface area contributed by atoms with Crippen molar-refractivity contribution in [1.29, 1.82) is 5.26 Å². The summed E-state index contributed by atoms with van der Waals surface area (Å²) in [6.45, 7) is 13.8. The minimum Gasteiger partial charge on any atom is -0.443 e. The highest BCUT2D eigenvalue weighted by Crippen LogP contribution is 2.44. The normalized spacial score (nSPS) is 18.4. The standard InChI is InChI=1S/C31H38N4O5S/c1-7-24-22(27(36)26-23-13-12-21(19-32)18-25(23)33-28(26)31(24,5)6)11-9-8-10-20-14-16-35(17-15-20)41(38,39)34-29(37)40-30(2,3)4/h7,9,11-13,18,20,33H,1,8,10,14-17H2,2-6H3,(H,34,37)/b11-9-. The second kappa shape index (κ2) is 11.3. The number of nitrogens with one attached hydrogen (secondary N) is 2. The van der Waals surface area contributed by atoms with Crippen LogP contribution in [-0.4, -0.2) is 48.3 Å². The van der Waals surface area contributed by atoms with Gasteiger partial charge in [0.2, 0.25) is 0 Å². The highest BCUT2D eigenvalue weighted by atomic mass is 32.2. The Kier molecular flexibility index (Phi) is 8.35. The first-order valence-corrected chi connectivity index (χ1v) is 15.3. The monoisotopic (exact) mass is 578 g/mol. The number of aromatic nitrogens is 1. The first-order chi connectivity index (χ1) is 19.2. The second-order valence-electron chi connectivity index (χ2n) is 12.2. The van der Waals surface area contributed by atoms with Gasteiger partial charge in [-0.2, -0.15) is 18.0 Å². The van der Waals surface area contributed by atoms with Crippen molar-refractivity contribution in [2.45, 2.75) is 71.3 Å². The molecule has 1 aliphatic heterocycles. The number of nitriles is 1.